The number of carbonyl (C=O) groups is 1. The maximum Gasteiger partial charge on any atom is 0.319 e. The molecular weight excluding hydrogens is 348 g/mol. The highest BCUT2D eigenvalue weighted by atomic mass is 16.5. The van der Waals surface area contributed by atoms with E-state index in [1.165, 1.54) is 11.1 Å². The monoisotopic (exact) mass is 380 g/mol. The van der Waals surface area contributed by atoms with Crippen LogP contribution in [0.2, 0.25) is 0 Å². The van der Waals surface area contributed by atoms with Crippen molar-refractivity contribution in [1.82, 2.24) is 0 Å². The summed E-state index contributed by atoms with van der Waals surface area (Å²) in [5.74, 6) is 0.170. The van der Waals surface area contributed by atoms with Crippen molar-refractivity contribution in [3.8, 4) is 0 Å². The molecule has 0 N–H and O–H groups in total. The van der Waals surface area contributed by atoms with E-state index < -0.39 is 5.41 Å². The molecule has 0 spiro atoms. The van der Waals surface area contributed by atoms with Crippen molar-refractivity contribution in [2.75, 3.05) is 6.61 Å². The number of carbonyl (C=O) groups excluding carboxylic acids is 1. The van der Waals surface area contributed by atoms with Gasteiger partial charge in [-0.3, -0.25) is 4.79 Å². The van der Waals surface area contributed by atoms with Gasteiger partial charge in [-0.05, 0) is 50.2 Å². The van der Waals surface area contributed by atoms with Crippen molar-refractivity contribution < 1.29 is 14.3 Å². The Morgan fingerprint density at radius 3 is 2.25 bits per heavy atom. The number of ether oxygens (including phenoxy) is 2. The molecule has 0 radical (unpaired) electrons. The smallest absolute Gasteiger partial charge is 0.319 e. The summed E-state index contributed by atoms with van der Waals surface area (Å²) in [4.78, 5) is 13.3. The van der Waals surface area contributed by atoms with Crippen molar-refractivity contribution in [2.45, 2.75) is 65.1 Å². The van der Waals surface area contributed by atoms with E-state index in [9.17, 15) is 4.79 Å². The Morgan fingerprint density at radius 2 is 1.64 bits per heavy atom. The van der Waals surface area contributed by atoms with Crippen LogP contribution in [0.4, 0.5) is 0 Å². The zero-order valence-corrected chi connectivity index (χ0v) is 17.5. The maximum atomic E-state index is 13.3. The molecule has 0 bridgehead atoms. The van der Waals surface area contributed by atoms with Gasteiger partial charge < -0.3 is 9.47 Å². The van der Waals surface area contributed by atoms with Gasteiger partial charge in [0.05, 0.1) is 19.3 Å². The van der Waals surface area contributed by atoms with Crippen LogP contribution in [0.3, 0.4) is 0 Å². The lowest BCUT2D eigenvalue weighted by Gasteiger charge is -2.34. The fraction of sp³-hybridized carbons (Fsp3) is 0.480. The van der Waals surface area contributed by atoms with Crippen molar-refractivity contribution in [1.29, 1.82) is 0 Å². The Bertz CT molecular complexity index is 776. The van der Waals surface area contributed by atoms with Crippen molar-refractivity contribution in [2.24, 2.45) is 5.92 Å². The number of benzene rings is 2. The van der Waals surface area contributed by atoms with E-state index >= 15 is 0 Å². The van der Waals surface area contributed by atoms with Crippen LogP contribution < -0.4 is 0 Å². The van der Waals surface area contributed by atoms with Crippen LogP contribution in [-0.2, 0) is 26.3 Å². The lowest BCUT2D eigenvalue weighted by atomic mass is 9.76. The molecule has 2 atom stereocenters. The van der Waals surface area contributed by atoms with E-state index in [0.29, 0.717) is 19.1 Å². The molecule has 0 amide bonds. The van der Waals surface area contributed by atoms with Crippen LogP contribution in [0, 0.1) is 19.8 Å². The molecule has 2 aromatic rings. The predicted octanol–water partition coefficient (Wildman–Crippen LogP) is 5.51. The van der Waals surface area contributed by atoms with E-state index in [0.717, 1.165) is 30.4 Å². The Hall–Kier alpha value is -2.13. The van der Waals surface area contributed by atoms with E-state index in [2.05, 4.69) is 76.2 Å². The molecule has 1 aliphatic rings. The Morgan fingerprint density at radius 1 is 1.04 bits per heavy atom. The molecule has 3 heteroatoms. The summed E-state index contributed by atoms with van der Waals surface area (Å²) in [6.07, 6.45) is 2.43. The number of hydrogen-bond acceptors (Lipinski definition) is 3. The first kappa shape index (κ1) is 20.6. The van der Waals surface area contributed by atoms with Crippen LogP contribution in [0.15, 0.2) is 48.5 Å². The second-order valence-electron chi connectivity index (χ2n) is 8.51. The zero-order chi connectivity index (χ0) is 20.1. The largest absolute Gasteiger partial charge is 0.465 e. The Kier molecular flexibility index (Phi) is 6.56. The highest BCUT2D eigenvalue weighted by Gasteiger charge is 2.52. The average molecular weight is 381 g/mol. The molecule has 0 heterocycles. The summed E-state index contributed by atoms with van der Waals surface area (Å²) in [5.41, 5.74) is 3.84. The fourth-order valence-electron chi connectivity index (χ4n) is 3.98. The zero-order valence-electron chi connectivity index (χ0n) is 17.5. The predicted molar refractivity (Wildman–Crippen MR) is 112 cm³/mol. The summed E-state index contributed by atoms with van der Waals surface area (Å²) in [7, 11) is 0. The summed E-state index contributed by atoms with van der Waals surface area (Å²) >= 11 is 0. The molecule has 1 saturated carbocycles. The molecule has 2 aromatic carbocycles. The molecule has 28 heavy (non-hydrogen) atoms. The second kappa shape index (κ2) is 8.91. The minimum atomic E-state index is -0.715. The van der Waals surface area contributed by atoms with Gasteiger partial charge in [-0.25, -0.2) is 0 Å². The van der Waals surface area contributed by atoms with E-state index in [-0.39, 0.29) is 12.1 Å². The standard InChI is InChI=1S/C25H32O3/c1-18(2)16-28-24(26)25(22-13-9-20(4)10-14-22)15-5-6-23(25)27-17-21-11-7-19(3)8-12-21/h7-14,18,23H,5-6,15-17H2,1-4H3. The fourth-order valence-corrected chi connectivity index (χ4v) is 3.98. The summed E-state index contributed by atoms with van der Waals surface area (Å²) in [6, 6.07) is 16.7. The van der Waals surface area contributed by atoms with Gasteiger partial charge in [0, 0.05) is 0 Å². The maximum absolute atomic E-state index is 13.3. The van der Waals surface area contributed by atoms with Crippen molar-refractivity contribution in [3.05, 3.63) is 70.8 Å². The first-order valence-corrected chi connectivity index (χ1v) is 10.3. The third kappa shape index (κ3) is 4.47. The summed E-state index contributed by atoms with van der Waals surface area (Å²) in [6.45, 7) is 9.22. The van der Waals surface area contributed by atoms with Crippen LogP contribution in [0.1, 0.15) is 55.4 Å². The van der Waals surface area contributed by atoms with Gasteiger partial charge in [0.1, 0.15) is 5.41 Å². The number of hydrogen-bond donors (Lipinski definition) is 0. The third-order valence-electron chi connectivity index (χ3n) is 5.64. The minimum absolute atomic E-state index is 0.142. The molecule has 2 unspecified atom stereocenters. The van der Waals surface area contributed by atoms with Gasteiger partial charge in [-0.2, -0.15) is 0 Å². The molecule has 3 rings (SSSR count). The lowest BCUT2D eigenvalue weighted by molar-refractivity contribution is -0.158. The third-order valence-corrected chi connectivity index (χ3v) is 5.64. The first-order chi connectivity index (χ1) is 13.4. The SMILES string of the molecule is Cc1ccc(COC2CCCC2(C(=O)OCC(C)C)c2ccc(C)cc2)cc1. The molecule has 0 aromatic heterocycles. The highest BCUT2D eigenvalue weighted by molar-refractivity contribution is 5.84. The molecule has 0 saturated heterocycles. The van der Waals surface area contributed by atoms with Crippen molar-refractivity contribution >= 4 is 5.97 Å². The van der Waals surface area contributed by atoms with E-state index in [1.807, 2.05) is 0 Å². The average Bonchev–Trinajstić information content (AvgIpc) is 3.11. The lowest BCUT2D eigenvalue weighted by Crippen LogP contribution is -2.45. The van der Waals surface area contributed by atoms with E-state index in [1.54, 1.807) is 0 Å². The van der Waals surface area contributed by atoms with E-state index in [4.69, 9.17) is 9.47 Å². The van der Waals surface area contributed by atoms with Gasteiger partial charge in [-0.15, -0.1) is 0 Å². The normalized spacial score (nSPS) is 21.8. The molecule has 150 valence electrons. The number of aryl methyl sites for hydroxylation is 2. The molecule has 3 nitrogen and oxygen atoms in total. The minimum Gasteiger partial charge on any atom is -0.465 e. The summed E-state index contributed by atoms with van der Waals surface area (Å²) < 4.78 is 12.1. The van der Waals surface area contributed by atoms with Gasteiger partial charge >= 0.3 is 5.97 Å². The molecular formula is C25H32O3. The Balaban J connectivity index is 1.86. The molecule has 1 aliphatic carbocycles. The van der Waals surface area contributed by atoms with Gasteiger partial charge in [0.2, 0.25) is 0 Å². The number of esters is 1. The highest BCUT2D eigenvalue weighted by Crippen LogP contribution is 2.44. The van der Waals surface area contributed by atoms with Crippen LogP contribution in [0.5, 0.6) is 0 Å². The second-order valence-corrected chi connectivity index (χ2v) is 8.51. The van der Waals surface area contributed by atoms with Crippen LogP contribution in [-0.4, -0.2) is 18.7 Å². The van der Waals surface area contributed by atoms with Crippen LogP contribution >= 0.6 is 0 Å². The topological polar surface area (TPSA) is 35.5 Å². The number of rotatable bonds is 7. The Labute approximate surface area is 169 Å². The quantitative estimate of drug-likeness (QED) is 0.594. The van der Waals surface area contributed by atoms with Gasteiger partial charge in [0.15, 0.2) is 0 Å². The first-order valence-electron chi connectivity index (χ1n) is 10.3. The molecule has 0 aliphatic heterocycles. The van der Waals surface area contributed by atoms with Crippen LogP contribution in [0.25, 0.3) is 0 Å². The molecule has 1 fully saturated rings. The van der Waals surface area contributed by atoms with Crippen molar-refractivity contribution in [3.63, 3.8) is 0 Å². The summed E-state index contributed by atoms with van der Waals surface area (Å²) in [5, 5.41) is 0. The van der Waals surface area contributed by atoms with Gasteiger partial charge in [-0.1, -0.05) is 73.5 Å². The van der Waals surface area contributed by atoms with Gasteiger partial charge in [0.25, 0.3) is 0 Å².